The highest BCUT2D eigenvalue weighted by molar-refractivity contribution is 5.77. The summed E-state index contributed by atoms with van der Waals surface area (Å²) in [5, 5.41) is 2.58. The van der Waals surface area contributed by atoms with Crippen molar-refractivity contribution in [3.8, 4) is 0 Å². The van der Waals surface area contributed by atoms with Crippen LogP contribution < -0.4 is 5.32 Å². The lowest BCUT2D eigenvalue weighted by molar-refractivity contribution is -0.120. The Morgan fingerprint density at radius 1 is 1.67 bits per heavy atom. The van der Waals surface area contributed by atoms with Gasteiger partial charge in [0, 0.05) is 6.42 Å². The van der Waals surface area contributed by atoms with Crippen LogP contribution in [0.3, 0.4) is 0 Å². The summed E-state index contributed by atoms with van der Waals surface area (Å²) >= 11 is 0. The monoisotopic (exact) mass is 166 g/mol. The summed E-state index contributed by atoms with van der Waals surface area (Å²) in [4.78, 5) is 14.5. The van der Waals surface area contributed by atoms with Gasteiger partial charge in [-0.15, -0.1) is 0 Å². The molecule has 0 aliphatic carbocycles. The molecule has 0 aromatic heterocycles. The zero-order chi connectivity index (χ0) is 9.56. The van der Waals surface area contributed by atoms with Crippen molar-refractivity contribution in [3.63, 3.8) is 0 Å². The van der Waals surface area contributed by atoms with Gasteiger partial charge in [-0.05, 0) is 19.7 Å². The summed E-state index contributed by atoms with van der Waals surface area (Å²) in [6.45, 7) is 10.6. The van der Waals surface area contributed by atoms with Crippen LogP contribution in [0.2, 0.25) is 0 Å². The Bertz CT molecular complexity index is 229. The first-order valence-electron chi connectivity index (χ1n) is 3.74. The summed E-state index contributed by atoms with van der Waals surface area (Å²) in [5.74, 6) is 0.379. The number of carbonyl (C=O) groups is 1. The maximum Gasteiger partial charge on any atom is 0.225 e. The third-order valence-electron chi connectivity index (χ3n) is 1.14. The lowest BCUT2D eigenvalue weighted by Gasteiger charge is -2.02. The molecule has 0 unspecified atom stereocenters. The Kier molecular flexibility index (Phi) is 4.69. The predicted octanol–water partition coefficient (Wildman–Crippen LogP) is 1.63. The first-order valence-corrected chi connectivity index (χ1v) is 3.74. The molecule has 0 saturated heterocycles. The van der Waals surface area contributed by atoms with Crippen molar-refractivity contribution in [2.24, 2.45) is 4.99 Å². The Labute approximate surface area is 72.9 Å². The highest BCUT2D eigenvalue weighted by Crippen LogP contribution is 1.97. The molecule has 0 saturated carbocycles. The first-order chi connectivity index (χ1) is 5.60. The van der Waals surface area contributed by atoms with Crippen LogP contribution in [0.15, 0.2) is 29.0 Å². The van der Waals surface area contributed by atoms with Crippen LogP contribution in [0.25, 0.3) is 0 Å². The molecule has 3 heteroatoms. The second kappa shape index (κ2) is 5.29. The van der Waals surface area contributed by atoms with Crippen molar-refractivity contribution in [3.05, 3.63) is 24.0 Å². The van der Waals surface area contributed by atoms with Gasteiger partial charge in [0.15, 0.2) is 0 Å². The first kappa shape index (κ1) is 10.6. The molecule has 1 N–H and O–H groups in total. The number of rotatable bonds is 4. The summed E-state index contributed by atoms with van der Waals surface area (Å²) in [7, 11) is 0. The van der Waals surface area contributed by atoms with E-state index >= 15 is 0 Å². The molecule has 66 valence electrons. The van der Waals surface area contributed by atoms with Crippen molar-refractivity contribution in [2.75, 3.05) is 0 Å². The van der Waals surface area contributed by atoms with E-state index in [1.54, 1.807) is 13.0 Å². The fourth-order valence-corrected chi connectivity index (χ4v) is 0.586. The minimum absolute atomic E-state index is 0.0742. The number of carbonyl (C=O) groups excluding carboxylic acids is 1. The topological polar surface area (TPSA) is 41.5 Å². The molecule has 0 atom stereocenters. The van der Waals surface area contributed by atoms with Crippen LogP contribution in [-0.2, 0) is 4.79 Å². The molecule has 12 heavy (non-hydrogen) atoms. The molecule has 0 aliphatic rings. The Balaban J connectivity index is 4.27. The number of aliphatic imine (C=N–C) groups is 1. The molecule has 3 nitrogen and oxygen atoms in total. The summed E-state index contributed by atoms with van der Waals surface area (Å²) in [6.07, 6.45) is 2.10. The van der Waals surface area contributed by atoms with Crippen LogP contribution in [-0.4, -0.2) is 12.6 Å². The average molecular weight is 166 g/mol. The summed E-state index contributed by atoms with van der Waals surface area (Å²) in [6, 6.07) is 0. The SMILES string of the molecule is C=N/C(=C\C(=C)C)NC(=O)CC. The van der Waals surface area contributed by atoms with E-state index in [-0.39, 0.29) is 5.91 Å². The molecule has 0 aromatic rings. The number of amides is 1. The van der Waals surface area contributed by atoms with Crippen molar-refractivity contribution in [2.45, 2.75) is 20.3 Å². The van der Waals surface area contributed by atoms with Crippen molar-refractivity contribution >= 4 is 12.6 Å². The fourth-order valence-electron chi connectivity index (χ4n) is 0.586. The minimum atomic E-state index is -0.0742. The number of nitrogens with zero attached hydrogens (tertiary/aromatic N) is 1. The summed E-state index contributed by atoms with van der Waals surface area (Å²) < 4.78 is 0. The van der Waals surface area contributed by atoms with E-state index in [4.69, 9.17) is 0 Å². The van der Waals surface area contributed by atoms with Gasteiger partial charge in [-0.1, -0.05) is 19.1 Å². The van der Waals surface area contributed by atoms with Crippen LogP contribution in [0.5, 0.6) is 0 Å². The Morgan fingerprint density at radius 2 is 2.25 bits per heavy atom. The highest BCUT2D eigenvalue weighted by Gasteiger charge is 1.98. The van der Waals surface area contributed by atoms with E-state index in [0.29, 0.717) is 12.2 Å². The van der Waals surface area contributed by atoms with Crippen LogP contribution in [0.1, 0.15) is 20.3 Å². The van der Waals surface area contributed by atoms with Crippen LogP contribution in [0.4, 0.5) is 0 Å². The van der Waals surface area contributed by atoms with Crippen LogP contribution in [0, 0.1) is 0 Å². The Morgan fingerprint density at radius 3 is 2.58 bits per heavy atom. The smallest absolute Gasteiger partial charge is 0.225 e. The largest absolute Gasteiger partial charge is 0.311 e. The van der Waals surface area contributed by atoms with Gasteiger partial charge in [-0.2, -0.15) is 0 Å². The van der Waals surface area contributed by atoms with Gasteiger partial charge in [0.2, 0.25) is 5.91 Å². The lowest BCUT2D eigenvalue weighted by atomic mass is 10.3. The number of nitrogens with one attached hydrogen (secondary N) is 1. The van der Waals surface area contributed by atoms with Crippen LogP contribution >= 0.6 is 0 Å². The maximum atomic E-state index is 10.9. The molecule has 0 aromatic carbocycles. The quantitative estimate of drug-likeness (QED) is 0.500. The van der Waals surface area contributed by atoms with Gasteiger partial charge in [0.05, 0.1) is 0 Å². The van der Waals surface area contributed by atoms with Gasteiger partial charge >= 0.3 is 0 Å². The molecule has 1 amide bonds. The molecule has 0 bridgehead atoms. The standard InChI is InChI=1S/C9H14N2O/c1-5-9(12)11-8(10-4)6-7(2)3/h6H,2,4-5H2,1,3H3,(H,11,12)/b8-6+. The normalized spacial score (nSPS) is 10.7. The van der Waals surface area contributed by atoms with E-state index in [9.17, 15) is 4.79 Å². The zero-order valence-electron chi connectivity index (χ0n) is 7.55. The van der Waals surface area contributed by atoms with E-state index < -0.39 is 0 Å². The average Bonchev–Trinajstić information content (AvgIpc) is 2.02. The van der Waals surface area contributed by atoms with E-state index in [1.165, 1.54) is 0 Å². The van der Waals surface area contributed by atoms with Crippen molar-refractivity contribution < 1.29 is 4.79 Å². The lowest BCUT2D eigenvalue weighted by Crippen LogP contribution is -2.20. The highest BCUT2D eigenvalue weighted by atomic mass is 16.1. The van der Waals surface area contributed by atoms with Crippen molar-refractivity contribution in [1.29, 1.82) is 0 Å². The van der Waals surface area contributed by atoms with Crippen molar-refractivity contribution in [1.82, 2.24) is 5.32 Å². The molecule has 0 aliphatic heterocycles. The van der Waals surface area contributed by atoms with Gasteiger partial charge < -0.3 is 5.32 Å². The number of allylic oxidation sites excluding steroid dienone is 2. The van der Waals surface area contributed by atoms with Gasteiger partial charge in [0.25, 0.3) is 0 Å². The molecular weight excluding hydrogens is 152 g/mol. The minimum Gasteiger partial charge on any atom is -0.311 e. The number of hydrogen-bond acceptors (Lipinski definition) is 2. The van der Waals surface area contributed by atoms with E-state index in [1.807, 2.05) is 6.92 Å². The summed E-state index contributed by atoms with van der Waals surface area (Å²) in [5.41, 5.74) is 0.828. The van der Waals surface area contributed by atoms with Gasteiger partial charge in [-0.25, -0.2) is 4.99 Å². The van der Waals surface area contributed by atoms with E-state index in [0.717, 1.165) is 5.57 Å². The molecule has 0 heterocycles. The van der Waals surface area contributed by atoms with E-state index in [2.05, 4.69) is 23.6 Å². The zero-order valence-corrected chi connectivity index (χ0v) is 7.55. The molecular formula is C9H14N2O. The predicted molar refractivity (Wildman–Crippen MR) is 50.9 cm³/mol. The molecule has 0 rings (SSSR count). The maximum absolute atomic E-state index is 10.9. The number of hydrogen-bond donors (Lipinski definition) is 1. The second-order valence-corrected chi connectivity index (χ2v) is 2.44. The third-order valence-corrected chi connectivity index (χ3v) is 1.14. The molecule has 0 spiro atoms. The second-order valence-electron chi connectivity index (χ2n) is 2.44. The van der Waals surface area contributed by atoms with Gasteiger partial charge in [0.1, 0.15) is 5.82 Å². The molecule has 0 radical (unpaired) electrons. The Hall–Kier alpha value is -1.38. The molecule has 0 fully saturated rings. The van der Waals surface area contributed by atoms with Gasteiger partial charge in [-0.3, -0.25) is 4.79 Å². The third kappa shape index (κ3) is 4.44. The fraction of sp³-hybridized carbons (Fsp3) is 0.333.